The summed E-state index contributed by atoms with van der Waals surface area (Å²) in [6.07, 6.45) is 8.40. The van der Waals surface area contributed by atoms with E-state index in [4.69, 9.17) is 0 Å². The summed E-state index contributed by atoms with van der Waals surface area (Å²) in [5.41, 5.74) is 0.813. The molecule has 0 fully saturated rings. The fraction of sp³-hybridized carbons (Fsp3) is 0.714. The first kappa shape index (κ1) is 19.9. The van der Waals surface area contributed by atoms with Crippen molar-refractivity contribution in [3.8, 4) is 11.5 Å². The maximum atomic E-state index is 10.2. The molecule has 1 aromatic rings. The zero-order chi connectivity index (χ0) is 17.5. The summed E-state index contributed by atoms with van der Waals surface area (Å²) in [4.78, 5) is 0. The van der Waals surface area contributed by atoms with Crippen molar-refractivity contribution < 1.29 is 10.2 Å². The van der Waals surface area contributed by atoms with Crippen molar-refractivity contribution in [2.45, 2.75) is 85.0 Å². The quantitative estimate of drug-likeness (QED) is 0.490. The molecule has 0 saturated heterocycles. The van der Waals surface area contributed by atoms with Gasteiger partial charge < -0.3 is 10.2 Å². The lowest BCUT2D eigenvalue weighted by Crippen LogP contribution is -2.21. The highest BCUT2D eigenvalue weighted by Crippen LogP contribution is 2.40. The van der Waals surface area contributed by atoms with E-state index in [9.17, 15) is 10.2 Å². The van der Waals surface area contributed by atoms with Crippen LogP contribution in [0.2, 0.25) is 0 Å². The van der Waals surface area contributed by atoms with Gasteiger partial charge in [-0.15, -0.1) is 0 Å². The van der Waals surface area contributed by atoms with Crippen LogP contribution < -0.4 is 0 Å². The van der Waals surface area contributed by atoms with E-state index in [1.165, 1.54) is 32.1 Å². The molecule has 2 nitrogen and oxygen atoms in total. The van der Waals surface area contributed by atoms with E-state index in [-0.39, 0.29) is 11.2 Å². The zero-order valence-corrected chi connectivity index (χ0v) is 15.7. The number of phenolic OH excluding ortho intramolecular Hbond substituents is 2. The molecule has 0 saturated carbocycles. The van der Waals surface area contributed by atoms with Crippen LogP contribution in [-0.2, 0) is 5.41 Å². The molecule has 2 N–H and O–H groups in total. The largest absolute Gasteiger partial charge is 0.508 e. The molecule has 2 heteroatoms. The van der Waals surface area contributed by atoms with Crippen molar-refractivity contribution >= 4 is 0 Å². The second kappa shape index (κ2) is 9.20. The molecule has 23 heavy (non-hydrogen) atoms. The van der Waals surface area contributed by atoms with Crippen LogP contribution in [0.5, 0.6) is 11.5 Å². The molecule has 0 heterocycles. The molecule has 1 aromatic carbocycles. The average Bonchev–Trinajstić information content (AvgIpc) is 2.49. The van der Waals surface area contributed by atoms with Gasteiger partial charge in [-0.1, -0.05) is 66.7 Å². The normalized spacial score (nSPS) is 15.6. The summed E-state index contributed by atoms with van der Waals surface area (Å²) in [6.45, 7) is 11.3. The SMILES string of the molecule is CCC(C)(CCCC(C)CCCC(C)C)c1cc(O)ccc1O. The number of phenols is 2. The molecule has 0 spiro atoms. The highest BCUT2D eigenvalue weighted by atomic mass is 16.3. The molecule has 2 unspecified atom stereocenters. The van der Waals surface area contributed by atoms with E-state index in [2.05, 4.69) is 34.6 Å². The molecule has 0 radical (unpaired) electrons. The molecule has 132 valence electrons. The zero-order valence-electron chi connectivity index (χ0n) is 15.7. The molecule has 0 aliphatic heterocycles. The van der Waals surface area contributed by atoms with Gasteiger partial charge in [-0.25, -0.2) is 0 Å². The first-order chi connectivity index (χ1) is 10.8. The van der Waals surface area contributed by atoms with Gasteiger partial charge in [-0.05, 0) is 48.3 Å². The van der Waals surface area contributed by atoms with Crippen LogP contribution in [0.15, 0.2) is 18.2 Å². The van der Waals surface area contributed by atoms with Crippen LogP contribution in [0, 0.1) is 11.8 Å². The van der Waals surface area contributed by atoms with Crippen LogP contribution in [0.3, 0.4) is 0 Å². The van der Waals surface area contributed by atoms with Gasteiger partial charge in [-0.2, -0.15) is 0 Å². The molecule has 0 aromatic heterocycles. The Balaban J connectivity index is 2.54. The lowest BCUT2D eigenvalue weighted by molar-refractivity contribution is 0.347. The predicted octanol–water partition coefficient (Wildman–Crippen LogP) is 6.40. The fourth-order valence-corrected chi connectivity index (χ4v) is 3.37. The molecule has 0 aliphatic rings. The first-order valence-corrected chi connectivity index (χ1v) is 9.31. The van der Waals surface area contributed by atoms with Gasteiger partial charge in [0.2, 0.25) is 0 Å². The minimum Gasteiger partial charge on any atom is -0.508 e. The monoisotopic (exact) mass is 320 g/mol. The van der Waals surface area contributed by atoms with Crippen molar-refractivity contribution in [2.24, 2.45) is 11.8 Å². The number of hydrogen-bond acceptors (Lipinski definition) is 2. The lowest BCUT2D eigenvalue weighted by atomic mass is 9.75. The van der Waals surface area contributed by atoms with Crippen molar-refractivity contribution in [2.75, 3.05) is 0 Å². The van der Waals surface area contributed by atoms with Gasteiger partial charge in [0, 0.05) is 5.56 Å². The third-order valence-electron chi connectivity index (χ3n) is 5.31. The van der Waals surface area contributed by atoms with Gasteiger partial charge in [0.05, 0.1) is 0 Å². The van der Waals surface area contributed by atoms with Crippen LogP contribution in [0.25, 0.3) is 0 Å². The Morgan fingerprint density at radius 3 is 2.26 bits per heavy atom. The molecule has 0 aliphatic carbocycles. The highest BCUT2D eigenvalue weighted by Gasteiger charge is 2.27. The lowest BCUT2D eigenvalue weighted by Gasteiger charge is -2.30. The Morgan fingerprint density at radius 1 is 1.00 bits per heavy atom. The summed E-state index contributed by atoms with van der Waals surface area (Å²) in [6, 6.07) is 4.88. The standard InChI is InChI=1S/C21H36O2/c1-6-21(5,19-15-18(22)12-13-20(19)23)14-8-11-17(4)10-7-9-16(2)3/h12-13,15-17,22-23H,6-11,14H2,1-5H3. The maximum Gasteiger partial charge on any atom is 0.119 e. The average molecular weight is 321 g/mol. The molecule has 0 amide bonds. The van der Waals surface area contributed by atoms with E-state index in [1.54, 1.807) is 18.2 Å². The van der Waals surface area contributed by atoms with Gasteiger partial charge in [0.15, 0.2) is 0 Å². The molecular formula is C21H36O2. The van der Waals surface area contributed by atoms with Crippen molar-refractivity contribution in [3.05, 3.63) is 23.8 Å². The van der Waals surface area contributed by atoms with Crippen LogP contribution in [0.1, 0.15) is 85.1 Å². The summed E-state index contributed by atoms with van der Waals surface area (Å²) in [5, 5.41) is 19.9. The Labute approximate surface area is 142 Å². The predicted molar refractivity (Wildman–Crippen MR) is 99.1 cm³/mol. The number of rotatable bonds is 10. The Morgan fingerprint density at radius 2 is 1.65 bits per heavy atom. The van der Waals surface area contributed by atoms with E-state index < -0.39 is 0 Å². The number of benzene rings is 1. The highest BCUT2D eigenvalue weighted by molar-refractivity contribution is 5.43. The fourth-order valence-electron chi connectivity index (χ4n) is 3.37. The van der Waals surface area contributed by atoms with Gasteiger partial charge in [0.1, 0.15) is 11.5 Å². The molecule has 1 rings (SSSR count). The molecular weight excluding hydrogens is 284 g/mol. The van der Waals surface area contributed by atoms with Crippen LogP contribution in [0.4, 0.5) is 0 Å². The second-order valence-electron chi connectivity index (χ2n) is 7.94. The van der Waals surface area contributed by atoms with Crippen molar-refractivity contribution in [3.63, 3.8) is 0 Å². The Bertz CT molecular complexity index is 467. The molecule has 0 bridgehead atoms. The van der Waals surface area contributed by atoms with E-state index in [0.29, 0.717) is 5.75 Å². The minimum absolute atomic E-state index is 0.0690. The van der Waals surface area contributed by atoms with Crippen LogP contribution in [-0.4, -0.2) is 10.2 Å². The molecule has 2 atom stereocenters. The summed E-state index contributed by atoms with van der Waals surface area (Å²) < 4.78 is 0. The summed E-state index contributed by atoms with van der Waals surface area (Å²) in [5.74, 6) is 2.11. The van der Waals surface area contributed by atoms with E-state index in [0.717, 1.165) is 30.2 Å². The Hall–Kier alpha value is -1.18. The van der Waals surface area contributed by atoms with E-state index >= 15 is 0 Å². The van der Waals surface area contributed by atoms with Crippen molar-refractivity contribution in [1.82, 2.24) is 0 Å². The minimum atomic E-state index is -0.0690. The van der Waals surface area contributed by atoms with Crippen LogP contribution >= 0.6 is 0 Å². The first-order valence-electron chi connectivity index (χ1n) is 9.31. The summed E-state index contributed by atoms with van der Waals surface area (Å²) in [7, 11) is 0. The Kier molecular flexibility index (Phi) is 7.94. The maximum absolute atomic E-state index is 10.2. The van der Waals surface area contributed by atoms with Crippen molar-refractivity contribution in [1.29, 1.82) is 0 Å². The third kappa shape index (κ3) is 6.45. The van der Waals surface area contributed by atoms with E-state index in [1.807, 2.05) is 0 Å². The van der Waals surface area contributed by atoms with Gasteiger partial charge >= 0.3 is 0 Å². The summed E-state index contributed by atoms with van der Waals surface area (Å²) >= 11 is 0. The van der Waals surface area contributed by atoms with Gasteiger partial charge in [0.25, 0.3) is 0 Å². The number of aromatic hydroxyl groups is 2. The second-order valence-corrected chi connectivity index (χ2v) is 7.94. The topological polar surface area (TPSA) is 40.5 Å². The smallest absolute Gasteiger partial charge is 0.119 e. The number of hydrogen-bond donors (Lipinski definition) is 2. The third-order valence-corrected chi connectivity index (χ3v) is 5.31. The van der Waals surface area contributed by atoms with Gasteiger partial charge in [-0.3, -0.25) is 0 Å².